The highest BCUT2D eigenvalue weighted by Gasteiger charge is 2.13. The van der Waals surface area contributed by atoms with E-state index in [0.29, 0.717) is 0 Å². The van der Waals surface area contributed by atoms with Gasteiger partial charge in [-0.2, -0.15) is 0 Å². The number of fused-ring (bicyclic) bond motifs is 1. The normalized spacial score (nSPS) is 10.8. The van der Waals surface area contributed by atoms with E-state index in [1.807, 2.05) is 6.92 Å². The van der Waals surface area contributed by atoms with Gasteiger partial charge in [0.1, 0.15) is 0 Å². The molecule has 2 rings (SSSR count). The molecule has 1 heterocycles. The minimum absolute atomic E-state index is 0.130. The molecule has 0 N–H and O–H groups in total. The van der Waals surface area contributed by atoms with E-state index in [-0.39, 0.29) is 10.6 Å². The fourth-order valence-corrected chi connectivity index (χ4v) is 2.48. The summed E-state index contributed by atoms with van der Waals surface area (Å²) in [6, 6.07) is 4.89. The second-order valence-electron chi connectivity index (χ2n) is 4.32. The van der Waals surface area contributed by atoms with Crippen LogP contribution in [-0.4, -0.2) is 9.91 Å². The van der Waals surface area contributed by atoms with Gasteiger partial charge >= 0.3 is 0 Å². The third kappa shape index (κ3) is 1.94. The van der Waals surface area contributed by atoms with Gasteiger partial charge in [-0.15, -0.1) is 0 Å². The Hall–Kier alpha value is -1.97. The molecule has 0 atom stereocenters. The van der Waals surface area contributed by atoms with Crippen LogP contribution in [-0.2, 0) is 12.8 Å². The summed E-state index contributed by atoms with van der Waals surface area (Å²) in [5.74, 6) is 0. The average molecular weight is 244 g/mol. The van der Waals surface area contributed by atoms with Gasteiger partial charge in [-0.05, 0) is 37.0 Å². The van der Waals surface area contributed by atoms with Crippen molar-refractivity contribution in [1.82, 2.24) is 4.98 Å². The Labute approximate surface area is 106 Å². The topological polar surface area (TPSA) is 56.0 Å². The third-order valence-corrected chi connectivity index (χ3v) is 3.31. The average Bonchev–Trinajstić information content (AvgIpc) is 2.36. The number of pyridine rings is 1. The van der Waals surface area contributed by atoms with Gasteiger partial charge in [-0.1, -0.05) is 13.8 Å². The van der Waals surface area contributed by atoms with Crippen molar-refractivity contribution in [3.05, 3.63) is 45.1 Å². The summed E-state index contributed by atoms with van der Waals surface area (Å²) in [4.78, 5) is 15.0. The highest BCUT2D eigenvalue weighted by atomic mass is 16.6. The quantitative estimate of drug-likeness (QED) is 0.612. The van der Waals surface area contributed by atoms with E-state index in [2.05, 4.69) is 18.8 Å². The number of hydrogen-bond donors (Lipinski definition) is 0. The highest BCUT2D eigenvalue weighted by molar-refractivity contribution is 5.85. The first-order valence-corrected chi connectivity index (χ1v) is 6.15. The molecule has 0 amide bonds. The van der Waals surface area contributed by atoms with Crippen LogP contribution in [0.2, 0.25) is 0 Å². The summed E-state index contributed by atoms with van der Waals surface area (Å²) in [6.45, 7) is 6.16. The third-order valence-electron chi connectivity index (χ3n) is 3.31. The van der Waals surface area contributed by atoms with Crippen molar-refractivity contribution in [3.8, 4) is 0 Å². The maximum Gasteiger partial charge on any atom is 0.270 e. The number of nitro benzene ring substituents is 1. The van der Waals surface area contributed by atoms with Crippen LogP contribution in [0.3, 0.4) is 0 Å². The molecule has 0 unspecified atom stereocenters. The molecule has 0 aliphatic rings. The van der Waals surface area contributed by atoms with Crippen LogP contribution in [0.15, 0.2) is 18.2 Å². The number of aromatic nitrogens is 1. The van der Waals surface area contributed by atoms with E-state index in [1.165, 1.54) is 17.2 Å². The van der Waals surface area contributed by atoms with E-state index < -0.39 is 0 Å². The van der Waals surface area contributed by atoms with E-state index in [1.54, 1.807) is 12.1 Å². The second-order valence-corrected chi connectivity index (χ2v) is 4.32. The molecule has 4 heteroatoms. The lowest BCUT2D eigenvalue weighted by molar-refractivity contribution is -0.384. The summed E-state index contributed by atoms with van der Waals surface area (Å²) in [7, 11) is 0. The number of hydrogen-bond acceptors (Lipinski definition) is 3. The first kappa shape index (κ1) is 12.5. The number of aryl methyl sites for hydroxylation is 2. The minimum Gasteiger partial charge on any atom is -0.258 e. The summed E-state index contributed by atoms with van der Waals surface area (Å²) < 4.78 is 0. The zero-order valence-corrected chi connectivity index (χ0v) is 10.9. The lowest BCUT2D eigenvalue weighted by Gasteiger charge is -2.12. The van der Waals surface area contributed by atoms with Gasteiger partial charge < -0.3 is 0 Å². The summed E-state index contributed by atoms with van der Waals surface area (Å²) in [6.07, 6.45) is 1.77. The lowest BCUT2D eigenvalue weighted by atomic mass is 9.97. The zero-order valence-electron chi connectivity index (χ0n) is 10.9. The molecule has 0 radical (unpaired) electrons. The molecule has 94 valence electrons. The van der Waals surface area contributed by atoms with Crippen LogP contribution < -0.4 is 0 Å². The van der Waals surface area contributed by atoms with E-state index >= 15 is 0 Å². The Morgan fingerprint density at radius 1 is 1.22 bits per heavy atom. The van der Waals surface area contributed by atoms with Crippen LogP contribution in [0.1, 0.15) is 30.7 Å². The standard InChI is InChI=1S/C14H16N2O2/c1-4-11-9(3)15-14-7-6-10(16(17)18)8-13(14)12(11)5-2/h6-8H,4-5H2,1-3H3. The van der Waals surface area contributed by atoms with Gasteiger partial charge in [0.15, 0.2) is 0 Å². The fourth-order valence-electron chi connectivity index (χ4n) is 2.48. The molecule has 1 aromatic heterocycles. The Balaban J connectivity index is 2.82. The van der Waals surface area contributed by atoms with Gasteiger partial charge in [0.25, 0.3) is 5.69 Å². The SMILES string of the molecule is CCc1c(C)nc2ccc([N+](=O)[O-])cc2c1CC. The maximum atomic E-state index is 10.9. The Morgan fingerprint density at radius 2 is 1.89 bits per heavy atom. The van der Waals surface area contributed by atoms with Crippen LogP contribution in [0.25, 0.3) is 10.9 Å². The molecule has 0 saturated carbocycles. The first-order valence-electron chi connectivity index (χ1n) is 6.15. The molecule has 0 spiro atoms. The van der Waals surface area contributed by atoms with E-state index in [4.69, 9.17) is 0 Å². The Morgan fingerprint density at radius 3 is 2.44 bits per heavy atom. The van der Waals surface area contributed by atoms with Crippen LogP contribution in [0.4, 0.5) is 5.69 Å². The summed E-state index contributed by atoms with van der Waals surface area (Å²) in [5, 5.41) is 11.8. The number of non-ortho nitro benzene ring substituents is 1. The Bertz CT molecular complexity index is 621. The van der Waals surface area contributed by atoms with Crippen molar-refractivity contribution in [2.45, 2.75) is 33.6 Å². The Kier molecular flexibility index (Phi) is 3.28. The summed E-state index contributed by atoms with van der Waals surface area (Å²) >= 11 is 0. The largest absolute Gasteiger partial charge is 0.270 e. The minimum atomic E-state index is -0.357. The van der Waals surface area contributed by atoms with Crippen LogP contribution in [0, 0.1) is 17.0 Å². The predicted octanol–water partition coefficient (Wildman–Crippen LogP) is 3.58. The number of nitro groups is 1. The van der Waals surface area contributed by atoms with Gasteiger partial charge in [-0.25, -0.2) is 0 Å². The summed E-state index contributed by atoms with van der Waals surface area (Å²) in [5.41, 5.74) is 4.39. The van der Waals surface area contributed by atoms with Crippen molar-refractivity contribution in [1.29, 1.82) is 0 Å². The maximum absolute atomic E-state index is 10.9. The predicted molar refractivity (Wildman–Crippen MR) is 71.9 cm³/mol. The monoisotopic (exact) mass is 244 g/mol. The molecule has 0 aliphatic heterocycles. The number of benzene rings is 1. The fraction of sp³-hybridized carbons (Fsp3) is 0.357. The molecular weight excluding hydrogens is 228 g/mol. The molecule has 0 aliphatic carbocycles. The van der Waals surface area contributed by atoms with E-state index in [9.17, 15) is 10.1 Å². The number of rotatable bonds is 3. The van der Waals surface area contributed by atoms with Gasteiger partial charge in [-0.3, -0.25) is 15.1 Å². The highest BCUT2D eigenvalue weighted by Crippen LogP contribution is 2.27. The van der Waals surface area contributed by atoms with Crippen molar-refractivity contribution in [3.63, 3.8) is 0 Å². The van der Waals surface area contributed by atoms with Gasteiger partial charge in [0, 0.05) is 23.2 Å². The van der Waals surface area contributed by atoms with Crippen LogP contribution >= 0.6 is 0 Å². The smallest absolute Gasteiger partial charge is 0.258 e. The van der Waals surface area contributed by atoms with Crippen molar-refractivity contribution in [2.75, 3.05) is 0 Å². The molecule has 1 aromatic carbocycles. The second kappa shape index (κ2) is 4.72. The van der Waals surface area contributed by atoms with Crippen LogP contribution in [0.5, 0.6) is 0 Å². The molecule has 0 fully saturated rings. The van der Waals surface area contributed by atoms with E-state index in [0.717, 1.165) is 29.4 Å². The zero-order chi connectivity index (χ0) is 13.3. The van der Waals surface area contributed by atoms with Crippen molar-refractivity contribution >= 4 is 16.6 Å². The van der Waals surface area contributed by atoms with Crippen molar-refractivity contribution in [2.24, 2.45) is 0 Å². The van der Waals surface area contributed by atoms with Gasteiger partial charge in [0.2, 0.25) is 0 Å². The molecule has 2 aromatic rings. The molecule has 4 nitrogen and oxygen atoms in total. The first-order chi connectivity index (χ1) is 8.58. The lowest BCUT2D eigenvalue weighted by Crippen LogP contribution is -2.00. The number of nitrogens with zero attached hydrogens (tertiary/aromatic N) is 2. The molecule has 0 bridgehead atoms. The molecule has 0 saturated heterocycles. The molecular formula is C14H16N2O2. The van der Waals surface area contributed by atoms with Gasteiger partial charge in [0.05, 0.1) is 10.4 Å². The molecule has 18 heavy (non-hydrogen) atoms. The van der Waals surface area contributed by atoms with Crippen molar-refractivity contribution < 1.29 is 4.92 Å².